The Hall–Kier alpha value is -2.38. The van der Waals surface area contributed by atoms with Crippen LogP contribution in [0.5, 0.6) is 5.75 Å². The largest absolute Gasteiger partial charge is 0.497 e. The zero-order valence-electron chi connectivity index (χ0n) is 19.4. The second-order valence-corrected chi connectivity index (χ2v) is 9.11. The van der Waals surface area contributed by atoms with Crippen LogP contribution in [0.4, 0.5) is 0 Å². The normalized spacial score (nSPS) is 20.1. The third-order valence-corrected chi connectivity index (χ3v) is 6.09. The average Bonchev–Trinajstić information content (AvgIpc) is 2.71. The molecule has 0 bridgehead atoms. The molecule has 0 radical (unpaired) electrons. The van der Waals surface area contributed by atoms with Crippen molar-refractivity contribution in [1.82, 2.24) is 10.2 Å². The monoisotopic (exact) mass is 430 g/mol. The summed E-state index contributed by atoms with van der Waals surface area (Å²) in [6.07, 6.45) is 0.926. The maximum Gasteiger partial charge on any atom is 0.339 e. The summed E-state index contributed by atoms with van der Waals surface area (Å²) in [7, 11) is 1.57. The molecule has 2 heterocycles. The van der Waals surface area contributed by atoms with Gasteiger partial charge in [-0.3, -0.25) is 9.69 Å². The first-order valence-electron chi connectivity index (χ1n) is 10.9. The molecule has 1 fully saturated rings. The topological polar surface area (TPSA) is 81.0 Å². The van der Waals surface area contributed by atoms with Crippen molar-refractivity contribution in [2.24, 2.45) is 0 Å². The summed E-state index contributed by atoms with van der Waals surface area (Å²) in [6, 6.07) is 5.42. The predicted octanol–water partition coefficient (Wildman–Crippen LogP) is 3.05. The van der Waals surface area contributed by atoms with E-state index in [1.54, 1.807) is 13.2 Å². The lowest BCUT2D eigenvalue weighted by molar-refractivity contribution is -0.122. The van der Waals surface area contributed by atoms with Crippen molar-refractivity contribution in [2.75, 3.05) is 26.7 Å². The van der Waals surface area contributed by atoms with Crippen LogP contribution in [-0.2, 0) is 16.0 Å². The van der Waals surface area contributed by atoms with Crippen LogP contribution in [0.15, 0.2) is 27.4 Å². The van der Waals surface area contributed by atoms with E-state index in [-0.39, 0.29) is 30.1 Å². The molecule has 1 aromatic heterocycles. The van der Waals surface area contributed by atoms with Crippen LogP contribution in [0.2, 0.25) is 0 Å². The summed E-state index contributed by atoms with van der Waals surface area (Å²) < 4.78 is 16.5. The highest BCUT2D eigenvalue weighted by atomic mass is 16.5. The highest BCUT2D eigenvalue weighted by molar-refractivity contribution is 5.82. The third kappa shape index (κ3) is 5.46. The zero-order valence-corrected chi connectivity index (χ0v) is 19.4. The van der Waals surface area contributed by atoms with Crippen molar-refractivity contribution < 1.29 is 18.7 Å². The van der Waals surface area contributed by atoms with E-state index < -0.39 is 5.63 Å². The van der Waals surface area contributed by atoms with E-state index in [0.717, 1.165) is 24.0 Å². The van der Waals surface area contributed by atoms with Gasteiger partial charge in [0, 0.05) is 48.6 Å². The van der Waals surface area contributed by atoms with Gasteiger partial charge in [-0.1, -0.05) is 0 Å². The van der Waals surface area contributed by atoms with Gasteiger partial charge in [0.25, 0.3) is 0 Å². The quantitative estimate of drug-likeness (QED) is 0.680. The van der Waals surface area contributed by atoms with Gasteiger partial charge >= 0.3 is 5.63 Å². The van der Waals surface area contributed by atoms with E-state index in [1.807, 2.05) is 19.1 Å². The van der Waals surface area contributed by atoms with Crippen molar-refractivity contribution in [3.8, 4) is 5.75 Å². The van der Waals surface area contributed by atoms with Crippen molar-refractivity contribution in [3.63, 3.8) is 0 Å². The Kier molecular flexibility index (Phi) is 7.06. The molecule has 31 heavy (non-hydrogen) atoms. The van der Waals surface area contributed by atoms with E-state index in [9.17, 15) is 9.59 Å². The zero-order chi connectivity index (χ0) is 22.8. The van der Waals surface area contributed by atoms with Gasteiger partial charge in [0.15, 0.2) is 0 Å². The molecular weight excluding hydrogens is 396 g/mol. The fraction of sp³-hybridized carbons (Fsp3) is 0.583. The number of fused-ring (bicyclic) bond motifs is 1. The summed E-state index contributed by atoms with van der Waals surface area (Å²) in [5.41, 5.74) is 1.30. The average molecular weight is 431 g/mol. The Morgan fingerprint density at radius 3 is 2.58 bits per heavy atom. The minimum Gasteiger partial charge on any atom is -0.497 e. The lowest BCUT2D eigenvalue weighted by Gasteiger charge is -2.45. The van der Waals surface area contributed by atoms with Crippen LogP contribution in [0, 0.1) is 6.92 Å². The van der Waals surface area contributed by atoms with E-state index in [4.69, 9.17) is 13.9 Å². The number of aryl methyl sites for hydroxylation is 1. The maximum atomic E-state index is 12.5. The number of benzene rings is 1. The van der Waals surface area contributed by atoms with Crippen molar-refractivity contribution in [3.05, 3.63) is 39.7 Å². The molecule has 0 aliphatic carbocycles. The lowest BCUT2D eigenvalue weighted by Crippen LogP contribution is -2.58. The lowest BCUT2D eigenvalue weighted by atomic mass is 9.99. The molecular formula is C24H34N2O5. The SMILES string of the molecule is COc1ccc2c(C)c(CCC(=O)NCC(C)(C)N3C[C@@H](C)O[C@@H](C)C3)c(=O)oc2c1. The molecule has 1 aromatic carbocycles. The van der Waals surface area contributed by atoms with Crippen LogP contribution in [0.1, 0.15) is 45.2 Å². The molecule has 7 heteroatoms. The predicted molar refractivity (Wildman–Crippen MR) is 121 cm³/mol. The molecule has 1 aliphatic heterocycles. The van der Waals surface area contributed by atoms with Crippen LogP contribution in [-0.4, -0.2) is 55.3 Å². The van der Waals surface area contributed by atoms with E-state index in [1.165, 1.54) is 0 Å². The number of hydrogen-bond acceptors (Lipinski definition) is 6. The van der Waals surface area contributed by atoms with Crippen molar-refractivity contribution in [2.45, 2.75) is 65.2 Å². The van der Waals surface area contributed by atoms with Gasteiger partial charge in [-0.25, -0.2) is 4.79 Å². The van der Waals surface area contributed by atoms with Gasteiger partial charge in [-0.2, -0.15) is 0 Å². The number of nitrogens with zero attached hydrogens (tertiary/aromatic N) is 1. The Morgan fingerprint density at radius 2 is 1.94 bits per heavy atom. The number of morpholine rings is 1. The summed E-state index contributed by atoms with van der Waals surface area (Å²) in [4.78, 5) is 27.4. The number of rotatable bonds is 7. The molecule has 0 spiro atoms. The molecule has 1 amide bonds. The maximum absolute atomic E-state index is 12.5. The fourth-order valence-electron chi connectivity index (χ4n) is 4.22. The first kappa shape index (κ1) is 23.3. The highest BCUT2D eigenvalue weighted by Gasteiger charge is 2.33. The number of methoxy groups -OCH3 is 1. The standard InChI is InChI=1S/C24H34N2O5/c1-15-12-26(13-16(2)30-15)24(4,5)14-25-22(27)10-9-20-17(3)19-8-7-18(29-6)11-21(19)31-23(20)28/h7-8,11,15-16H,9-10,12-14H2,1-6H3,(H,25,27)/t15-,16+. The minimum atomic E-state index is -0.400. The number of hydrogen-bond donors (Lipinski definition) is 1. The first-order chi connectivity index (χ1) is 14.6. The summed E-state index contributed by atoms with van der Waals surface area (Å²) in [5, 5.41) is 3.89. The molecule has 170 valence electrons. The summed E-state index contributed by atoms with van der Waals surface area (Å²) >= 11 is 0. The Morgan fingerprint density at radius 1 is 1.26 bits per heavy atom. The third-order valence-electron chi connectivity index (χ3n) is 6.09. The van der Waals surface area contributed by atoms with Gasteiger partial charge in [-0.05, 0) is 58.7 Å². The Bertz CT molecular complexity index is 987. The van der Waals surface area contributed by atoms with Crippen LogP contribution < -0.4 is 15.7 Å². The minimum absolute atomic E-state index is 0.0731. The van der Waals surface area contributed by atoms with Gasteiger partial charge in [0.1, 0.15) is 11.3 Å². The van der Waals surface area contributed by atoms with Crippen LogP contribution >= 0.6 is 0 Å². The Labute approximate surface area is 183 Å². The fourth-order valence-corrected chi connectivity index (χ4v) is 4.22. The second-order valence-electron chi connectivity index (χ2n) is 9.11. The molecule has 2 aromatic rings. The van der Waals surface area contributed by atoms with Crippen LogP contribution in [0.25, 0.3) is 11.0 Å². The second kappa shape index (κ2) is 9.40. The summed E-state index contributed by atoms with van der Waals surface area (Å²) in [5.74, 6) is 0.560. The number of ether oxygens (including phenoxy) is 2. The van der Waals surface area contributed by atoms with Crippen molar-refractivity contribution >= 4 is 16.9 Å². The van der Waals surface area contributed by atoms with Gasteiger partial charge < -0.3 is 19.2 Å². The summed E-state index contributed by atoms with van der Waals surface area (Å²) in [6.45, 7) is 12.5. The molecule has 2 atom stereocenters. The molecule has 1 saturated heterocycles. The molecule has 0 unspecified atom stereocenters. The molecule has 0 saturated carbocycles. The smallest absolute Gasteiger partial charge is 0.339 e. The van der Waals surface area contributed by atoms with Crippen LogP contribution in [0.3, 0.4) is 0 Å². The molecule has 1 N–H and O–H groups in total. The number of amides is 1. The molecule has 1 aliphatic rings. The number of carbonyl (C=O) groups is 1. The van der Waals surface area contributed by atoms with E-state index >= 15 is 0 Å². The number of carbonyl (C=O) groups excluding carboxylic acids is 1. The highest BCUT2D eigenvalue weighted by Crippen LogP contribution is 2.24. The van der Waals surface area contributed by atoms with E-state index in [2.05, 4.69) is 37.9 Å². The Balaban J connectivity index is 1.62. The molecule has 7 nitrogen and oxygen atoms in total. The van der Waals surface area contributed by atoms with Gasteiger partial charge in [-0.15, -0.1) is 0 Å². The van der Waals surface area contributed by atoms with Gasteiger partial charge in [0.2, 0.25) is 5.91 Å². The van der Waals surface area contributed by atoms with Gasteiger partial charge in [0.05, 0.1) is 19.3 Å². The molecule has 3 rings (SSSR count). The number of nitrogens with one attached hydrogen (secondary N) is 1. The van der Waals surface area contributed by atoms with E-state index in [0.29, 0.717) is 29.9 Å². The van der Waals surface area contributed by atoms with Crippen molar-refractivity contribution in [1.29, 1.82) is 0 Å². The first-order valence-corrected chi connectivity index (χ1v) is 10.9.